The molecule has 2 aliphatic rings. The first kappa shape index (κ1) is 83.4. The number of hydrogen-bond donors (Lipinski definition) is 0. The van der Waals surface area contributed by atoms with Gasteiger partial charge >= 0.3 is 0 Å². The molecule has 1 aliphatic carbocycles. The number of rotatable bonds is 6. The smallest absolute Gasteiger partial charge is 0.0477 e. The van der Waals surface area contributed by atoms with Crippen molar-refractivity contribution in [1.82, 2.24) is 0 Å². The second kappa shape index (κ2) is 47.4. The molecule has 0 bridgehead atoms. The Morgan fingerprint density at radius 2 is 0.768 bits per heavy atom. The molecule has 1 spiro atoms. The van der Waals surface area contributed by atoms with Crippen LogP contribution in [0.2, 0.25) is 0 Å². The van der Waals surface area contributed by atoms with Crippen LogP contribution in [0.3, 0.4) is 0 Å². The second-order valence-corrected chi connectivity index (χ2v) is 13.2. The van der Waals surface area contributed by atoms with Gasteiger partial charge in [0.05, 0.1) is 0 Å². The van der Waals surface area contributed by atoms with E-state index in [1.54, 1.807) is 0 Å². The van der Waals surface area contributed by atoms with Crippen LogP contribution >= 0.6 is 0 Å². The summed E-state index contributed by atoms with van der Waals surface area (Å²) in [6.07, 6.45) is 2.56. The molecule has 3 nitrogen and oxygen atoms in total. The number of piperidine rings is 1. The minimum atomic E-state index is 0. The summed E-state index contributed by atoms with van der Waals surface area (Å²) in [5.41, 5.74) is 9.15. The van der Waals surface area contributed by atoms with Gasteiger partial charge in [-0.2, -0.15) is 5.92 Å². The van der Waals surface area contributed by atoms with Crippen LogP contribution in [0.4, 0.5) is 17.1 Å². The van der Waals surface area contributed by atoms with Crippen molar-refractivity contribution in [3.8, 4) is 0 Å². The summed E-state index contributed by atoms with van der Waals surface area (Å²) in [7, 11) is 8.93. The Bertz CT molecular complexity index is 839. The van der Waals surface area contributed by atoms with Gasteiger partial charge in [0.2, 0.25) is 0 Å². The molecule has 5 atom stereocenters. The first-order valence-electron chi connectivity index (χ1n) is 22.2. The third-order valence-corrected chi connectivity index (χ3v) is 9.48. The van der Waals surface area contributed by atoms with E-state index in [2.05, 4.69) is 105 Å². The predicted molar refractivity (Wildman–Crippen MR) is 275 cm³/mol. The predicted octanol–water partition coefficient (Wildman–Crippen LogP) is 18.7. The number of nitrogens with zero attached hydrogens (tertiary/aromatic N) is 3. The summed E-state index contributed by atoms with van der Waals surface area (Å²) in [4.78, 5) is 7.51. The molecule has 0 N–H and O–H groups in total. The van der Waals surface area contributed by atoms with E-state index in [4.69, 9.17) is 6.92 Å². The van der Waals surface area contributed by atoms with Crippen LogP contribution in [0.1, 0.15) is 243 Å². The van der Waals surface area contributed by atoms with E-state index >= 15 is 0 Å². The van der Waals surface area contributed by atoms with Crippen molar-refractivity contribution in [2.24, 2.45) is 29.1 Å². The third-order valence-electron chi connectivity index (χ3n) is 9.48. The number of benzene rings is 1. The van der Waals surface area contributed by atoms with Gasteiger partial charge in [0.1, 0.15) is 0 Å². The van der Waals surface area contributed by atoms with Gasteiger partial charge in [0, 0.05) is 101 Å². The standard InChI is InChI=1S/C32H55N3.8C2H6.4CH4.Y/c1-19(2)26-29(33(11)12)27(20(3)4)31(28(21(5)6)30(26)34(13)14)35-17-24(9)32(25(10)18-35)22(7)15-16-23(32)8;8*1-2;;;;;/h19-25H,7,9,15-18H2,1-6,8,10-14H3;8*1-2H3;4*1H4;/q-2;;;;;;;;;;;;;. The second-order valence-electron chi connectivity index (χ2n) is 13.2. The summed E-state index contributed by atoms with van der Waals surface area (Å²) in [6.45, 7) is 62.9. The van der Waals surface area contributed by atoms with E-state index in [1.807, 2.05) is 111 Å². The first-order valence-corrected chi connectivity index (χ1v) is 22.2. The third kappa shape index (κ3) is 20.8. The van der Waals surface area contributed by atoms with Gasteiger partial charge in [-0.25, -0.2) is 0 Å². The largest absolute Gasteiger partial charge is 0.377 e. The van der Waals surface area contributed by atoms with E-state index in [-0.39, 0.29) is 67.8 Å². The van der Waals surface area contributed by atoms with E-state index in [0.717, 1.165) is 13.1 Å². The normalized spacial score (nSPS) is 19.1. The summed E-state index contributed by atoms with van der Waals surface area (Å²) in [5, 5.41) is 0. The molecule has 0 aromatic heterocycles. The zero-order chi connectivity index (χ0) is 42.6. The average Bonchev–Trinajstić information content (AvgIpc) is 3.45. The fourth-order valence-electron chi connectivity index (χ4n) is 8.27. The van der Waals surface area contributed by atoms with Gasteiger partial charge in [0.15, 0.2) is 0 Å². The summed E-state index contributed by atoms with van der Waals surface area (Å²) in [6, 6.07) is 0. The van der Waals surface area contributed by atoms with Crippen molar-refractivity contribution in [3.63, 3.8) is 0 Å². The Labute approximate surface area is 389 Å². The van der Waals surface area contributed by atoms with E-state index in [0.29, 0.717) is 41.4 Å². The monoisotopic (exact) mass is 875 g/mol. The van der Waals surface area contributed by atoms with Crippen molar-refractivity contribution in [2.75, 3.05) is 56.0 Å². The van der Waals surface area contributed by atoms with Crippen LogP contribution in [-0.4, -0.2) is 41.3 Å². The molecular formula is C52H119N3Y-2. The van der Waals surface area contributed by atoms with E-state index < -0.39 is 0 Å². The molecule has 5 unspecified atom stereocenters. The molecule has 1 saturated carbocycles. The van der Waals surface area contributed by atoms with Crippen LogP contribution in [-0.2, 0) is 32.7 Å². The summed E-state index contributed by atoms with van der Waals surface area (Å²) < 4.78 is 0. The molecule has 2 fully saturated rings. The van der Waals surface area contributed by atoms with Crippen LogP contribution in [0.5, 0.6) is 0 Å². The Balaban J connectivity index is -0.0000000955. The van der Waals surface area contributed by atoms with Gasteiger partial charge < -0.3 is 28.5 Å². The molecule has 3 rings (SSSR count). The van der Waals surface area contributed by atoms with Crippen LogP contribution < -0.4 is 14.7 Å². The van der Waals surface area contributed by atoms with Crippen LogP contribution in [0, 0.1) is 42.9 Å². The summed E-state index contributed by atoms with van der Waals surface area (Å²) >= 11 is 0. The van der Waals surface area contributed by atoms with Gasteiger partial charge in [0.25, 0.3) is 0 Å². The van der Waals surface area contributed by atoms with Crippen molar-refractivity contribution >= 4 is 17.1 Å². The van der Waals surface area contributed by atoms with Crippen molar-refractivity contribution in [2.45, 2.75) is 226 Å². The van der Waals surface area contributed by atoms with Gasteiger partial charge in [-0.15, -0.1) is 5.92 Å². The zero-order valence-corrected chi connectivity index (χ0v) is 44.5. The maximum atomic E-state index is 4.87. The zero-order valence-electron chi connectivity index (χ0n) is 41.7. The van der Waals surface area contributed by atoms with E-state index in [1.165, 1.54) is 46.6 Å². The molecule has 347 valence electrons. The van der Waals surface area contributed by atoms with Crippen LogP contribution in [0.15, 0.2) is 0 Å². The Morgan fingerprint density at radius 3 is 0.964 bits per heavy atom. The Hall–Kier alpha value is -0.276. The quantitative estimate of drug-likeness (QED) is 0.264. The first-order chi connectivity index (χ1) is 24.2. The van der Waals surface area contributed by atoms with Crippen LogP contribution in [0.25, 0.3) is 0 Å². The SMILES string of the molecule is C.C.C.C.CC.CC.CC.CC.CC.CC.CC.CC.[CH2-]C1CCC(C)C12C([CH2-])CN(c1c(C(C)C)c(N(C)C)c(C(C)C)c(N(C)C)c1C(C)C)CC2C.[Y]. The fraction of sp³-hybridized carbons (Fsp3) is 0.846. The van der Waals surface area contributed by atoms with Gasteiger partial charge in [-0.3, -0.25) is 0 Å². The Kier molecular flexibility index (Phi) is 70.6. The molecule has 1 aliphatic heterocycles. The molecule has 1 aromatic rings. The fourth-order valence-corrected chi connectivity index (χ4v) is 8.27. The number of anilines is 3. The molecule has 4 heteroatoms. The molecular weight excluding hydrogens is 755 g/mol. The minimum absolute atomic E-state index is 0. The van der Waals surface area contributed by atoms with Gasteiger partial charge in [-0.05, 0) is 36.1 Å². The molecule has 1 aromatic carbocycles. The van der Waals surface area contributed by atoms with Gasteiger partial charge in [-0.1, -0.05) is 214 Å². The maximum absolute atomic E-state index is 4.87. The topological polar surface area (TPSA) is 9.72 Å². The molecule has 1 radical (unpaired) electrons. The average molecular weight is 875 g/mol. The minimum Gasteiger partial charge on any atom is -0.377 e. The molecule has 1 saturated heterocycles. The Morgan fingerprint density at radius 1 is 0.482 bits per heavy atom. The molecule has 1 heterocycles. The number of hydrogen-bond acceptors (Lipinski definition) is 3. The molecule has 56 heavy (non-hydrogen) atoms. The maximum Gasteiger partial charge on any atom is 0.0477 e. The van der Waals surface area contributed by atoms with Crippen molar-refractivity contribution in [1.29, 1.82) is 0 Å². The molecule has 0 amide bonds. The van der Waals surface area contributed by atoms with Crippen molar-refractivity contribution < 1.29 is 32.7 Å². The van der Waals surface area contributed by atoms with Crippen molar-refractivity contribution in [3.05, 3.63) is 30.5 Å². The summed E-state index contributed by atoms with van der Waals surface area (Å²) in [5.74, 6) is 3.52. The van der Waals surface area contributed by atoms with E-state index in [9.17, 15) is 0 Å².